The second kappa shape index (κ2) is 6.18. The predicted octanol–water partition coefficient (Wildman–Crippen LogP) is -2.15. The van der Waals surface area contributed by atoms with E-state index in [0.29, 0.717) is 6.61 Å². The van der Waals surface area contributed by atoms with Crippen LogP contribution in [0.3, 0.4) is 0 Å². The van der Waals surface area contributed by atoms with Crippen molar-refractivity contribution in [2.24, 2.45) is 5.73 Å². The second-order valence-electron chi connectivity index (χ2n) is 2.11. The van der Waals surface area contributed by atoms with Crippen LogP contribution in [-0.4, -0.2) is 27.7 Å². The van der Waals surface area contributed by atoms with Gasteiger partial charge in [0.2, 0.25) is 0 Å². The zero-order valence-corrected chi connectivity index (χ0v) is 7.83. The van der Waals surface area contributed by atoms with E-state index in [1.807, 2.05) is 0 Å². The van der Waals surface area contributed by atoms with Gasteiger partial charge in [-0.3, -0.25) is 15.0 Å². The smallest absolute Gasteiger partial charge is 0.404 e. The van der Waals surface area contributed by atoms with Crippen molar-refractivity contribution in [3.63, 3.8) is 0 Å². The molecule has 9 heteroatoms. The molecule has 0 spiro atoms. The molecule has 15 heavy (non-hydrogen) atoms. The SMILES string of the molecule is CCOC(N)=O.O=c1[nH]c(=O)[nH]c(=O)[nH]1. The van der Waals surface area contributed by atoms with E-state index in [4.69, 9.17) is 0 Å². The molecule has 0 atom stereocenters. The van der Waals surface area contributed by atoms with Crippen LogP contribution in [-0.2, 0) is 4.74 Å². The van der Waals surface area contributed by atoms with Gasteiger partial charge in [0.25, 0.3) is 0 Å². The Morgan fingerprint density at radius 2 is 1.47 bits per heavy atom. The van der Waals surface area contributed by atoms with Gasteiger partial charge in [-0.05, 0) is 6.92 Å². The number of primary amides is 1. The van der Waals surface area contributed by atoms with E-state index in [-0.39, 0.29) is 0 Å². The van der Waals surface area contributed by atoms with Crippen LogP contribution in [0.2, 0.25) is 0 Å². The van der Waals surface area contributed by atoms with Gasteiger partial charge in [-0.25, -0.2) is 19.2 Å². The molecular weight excluding hydrogens is 208 g/mol. The van der Waals surface area contributed by atoms with Gasteiger partial charge in [0.15, 0.2) is 0 Å². The van der Waals surface area contributed by atoms with Crippen LogP contribution in [0, 0.1) is 0 Å². The summed E-state index contributed by atoms with van der Waals surface area (Å²) in [6.45, 7) is 2.06. The Morgan fingerprint density at radius 1 is 1.13 bits per heavy atom. The normalized spacial score (nSPS) is 8.60. The zero-order valence-electron chi connectivity index (χ0n) is 7.83. The van der Waals surface area contributed by atoms with Crippen LogP contribution in [0.4, 0.5) is 4.79 Å². The van der Waals surface area contributed by atoms with Gasteiger partial charge in [-0.1, -0.05) is 0 Å². The molecule has 0 fully saturated rings. The summed E-state index contributed by atoms with van der Waals surface area (Å²) >= 11 is 0. The van der Waals surface area contributed by atoms with E-state index in [9.17, 15) is 19.2 Å². The quantitative estimate of drug-likeness (QED) is 0.423. The maximum Gasteiger partial charge on any atom is 0.404 e. The molecule has 0 aromatic carbocycles. The van der Waals surface area contributed by atoms with Crippen molar-refractivity contribution in [2.45, 2.75) is 6.92 Å². The Hall–Kier alpha value is -2.32. The Morgan fingerprint density at radius 3 is 1.60 bits per heavy atom. The number of aromatic amines is 3. The van der Waals surface area contributed by atoms with Crippen LogP contribution in [0.1, 0.15) is 6.92 Å². The topological polar surface area (TPSA) is 151 Å². The van der Waals surface area contributed by atoms with E-state index < -0.39 is 23.2 Å². The summed E-state index contributed by atoms with van der Waals surface area (Å²) < 4.78 is 4.18. The molecule has 0 unspecified atom stereocenters. The van der Waals surface area contributed by atoms with E-state index in [1.54, 1.807) is 21.9 Å². The van der Waals surface area contributed by atoms with Crippen molar-refractivity contribution < 1.29 is 9.53 Å². The molecule has 0 saturated carbocycles. The third kappa shape index (κ3) is 6.81. The van der Waals surface area contributed by atoms with Crippen molar-refractivity contribution in [1.29, 1.82) is 0 Å². The standard InChI is InChI=1S/C3H3N3O3.C3H7NO2/c7-1-4-2(8)6-3(9)5-1;1-2-6-3(4)5/h(H3,4,5,6,7,8,9);2H2,1H3,(H2,4,5). The monoisotopic (exact) mass is 218 g/mol. The lowest BCUT2D eigenvalue weighted by molar-refractivity contribution is 0.163. The lowest BCUT2D eigenvalue weighted by Crippen LogP contribution is -2.34. The minimum atomic E-state index is -0.802. The lowest BCUT2D eigenvalue weighted by atomic mass is 10.9. The predicted molar refractivity (Wildman–Crippen MR) is 49.5 cm³/mol. The first-order valence-electron chi connectivity index (χ1n) is 3.81. The molecule has 9 nitrogen and oxygen atoms in total. The molecule has 84 valence electrons. The van der Waals surface area contributed by atoms with Crippen molar-refractivity contribution >= 4 is 6.09 Å². The van der Waals surface area contributed by atoms with Crippen LogP contribution < -0.4 is 22.8 Å². The number of carbonyl (C=O) groups excluding carboxylic acids is 1. The van der Waals surface area contributed by atoms with E-state index >= 15 is 0 Å². The van der Waals surface area contributed by atoms with Crippen LogP contribution >= 0.6 is 0 Å². The first-order valence-corrected chi connectivity index (χ1v) is 3.81. The van der Waals surface area contributed by atoms with Gasteiger partial charge in [-0.2, -0.15) is 0 Å². The summed E-state index contributed by atoms with van der Waals surface area (Å²) in [5.74, 6) is 0. The Bertz CT molecular complexity index is 391. The molecule has 0 saturated heterocycles. The molecule has 5 N–H and O–H groups in total. The number of H-pyrrole nitrogens is 3. The average molecular weight is 218 g/mol. The number of nitrogens with two attached hydrogens (primary N) is 1. The molecule has 1 aromatic rings. The maximum absolute atomic E-state index is 10.2. The molecule has 0 aliphatic rings. The fraction of sp³-hybridized carbons (Fsp3) is 0.333. The number of amides is 1. The summed E-state index contributed by atoms with van der Waals surface area (Å²) in [6.07, 6.45) is -0.711. The molecule has 0 radical (unpaired) electrons. The number of ether oxygens (including phenoxy) is 1. The molecule has 1 heterocycles. The summed E-state index contributed by atoms with van der Waals surface area (Å²) in [4.78, 5) is 45.5. The Labute approximate surface area is 82.3 Å². The largest absolute Gasteiger partial charge is 0.450 e. The number of hydrogen-bond acceptors (Lipinski definition) is 5. The average Bonchev–Trinajstić information content (AvgIpc) is 2.00. The highest BCUT2D eigenvalue weighted by atomic mass is 16.5. The second-order valence-corrected chi connectivity index (χ2v) is 2.11. The number of carbonyl (C=O) groups is 1. The summed E-state index contributed by atoms with van der Waals surface area (Å²) in [6, 6.07) is 0. The lowest BCUT2D eigenvalue weighted by Gasteiger charge is -1.89. The minimum absolute atomic E-state index is 0.356. The van der Waals surface area contributed by atoms with Crippen LogP contribution in [0.25, 0.3) is 0 Å². The highest BCUT2D eigenvalue weighted by Crippen LogP contribution is 1.66. The van der Waals surface area contributed by atoms with Crippen molar-refractivity contribution in [1.82, 2.24) is 15.0 Å². The highest BCUT2D eigenvalue weighted by Gasteiger charge is 1.85. The Kier molecular flexibility index (Phi) is 5.23. The number of nitrogens with one attached hydrogen (secondary N) is 3. The van der Waals surface area contributed by atoms with Gasteiger partial charge >= 0.3 is 23.2 Å². The number of aromatic nitrogens is 3. The van der Waals surface area contributed by atoms with E-state index in [0.717, 1.165) is 0 Å². The van der Waals surface area contributed by atoms with Gasteiger partial charge in [0, 0.05) is 0 Å². The zero-order chi connectivity index (χ0) is 11.8. The molecular formula is C6H10N4O5. The number of hydrogen-bond donors (Lipinski definition) is 4. The third-order valence-electron chi connectivity index (χ3n) is 0.968. The molecule has 1 rings (SSSR count). The van der Waals surface area contributed by atoms with Gasteiger partial charge in [0.1, 0.15) is 0 Å². The fourth-order valence-corrected chi connectivity index (χ4v) is 0.545. The number of rotatable bonds is 1. The van der Waals surface area contributed by atoms with Crippen molar-refractivity contribution in [3.8, 4) is 0 Å². The first-order chi connectivity index (χ1) is 6.95. The fourth-order valence-electron chi connectivity index (χ4n) is 0.545. The van der Waals surface area contributed by atoms with Gasteiger partial charge in [0.05, 0.1) is 6.61 Å². The van der Waals surface area contributed by atoms with Gasteiger partial charge in [-0.15, -0.1) is 0 Å². The maximum atomic E-state index is 10.2. The van der Waals surface area contributed by atoms with Gasteiger partial charge < -0.3 is 10.5 Å². The third-order valence-corrected chi connectivity index (χ3v) is 0.968. The molecule has 1 aromatic heterocycles. The van der Waals surface area contributed by atoms with Crippen LogP contribution in [0.5, 0.6) is 0 Å². The van der Waals surface area contributed by atoms with Crippen LogP contribution in [0.15, 0.2) is 14.4 Å². The summed E-state index contributed by atoms with van der Waals surface area (Å²) in [5, 5.41) is 0. The minimum Gasteiger partial charge on any atom is -0.450 e. The summed E-state index contributed by atoms with van der Waals surface area (Å²) in [5.41, 5.74) is 2.14. The molecule has 0 aliphatic carbocycles. The van der Waals surface area contributed by atoms with Crippen molar-refractivity contribution in [3.05, 3.63) is 31.5 Å². The molecule has 0 bridgehead atoms. The molecule has 0 aliphatic heterocycles. The summed E-state index contributed by atoms with van der Waals surface area (Å²) in [7, 11) is 0. The van der Waals surface area contributed by atoms with E-state index in [2.05, 4.69) is 10.5 Å². The molecule has 1 amide bonds. The van der Waals surface area contributed by atoms with E-state index in [1.165, 1.54) is 0 Å². The highest BCUT2D eigenvalue weighted by molar-refractivity contribution is 5.64. The first kappa shape index (κ1) is 12.7. The Balaban J connectivity index is 0.000000288. The van der Waals surface area contributed by atoms with Crippen molar-refractivity contribution in [2.75, 3.05) is 6.61 Å².